The van der Waals surface area contributed by atoms with Crippen LogP contribution in [0.25, 0.3) is 0 Å². The van der Waals surface area contributed by atoms with Gasteiger partial charge in [0, 0.05) is 22.8 Å². The van der Waals surface area contributed by atoms with Crippen LogP contribution in [0, 0.1) is 3.57 Å². The Balaban J connectivity index is 2.00. The Labute approximate surface area is 167 Å². The zero-order chi connectivity index (χ0) is 18.5. The third kappa shape index (κ3) is 3.97. The lowest BCUT2D eigenvalue weighted by Gasteiger charge is -2.34. The molecule has 0 unspecified atom stereocenters. The van der Waals surface area contributed by atoms with Crippen LogP contribution in [0.5, 0.6) is 0 Å². The van der Waals surface area contributed by atoms with Gasteiger partial charge in [-0.1, -0.05) is 30.3 Å². The molecular weight excluding hydrogens is 443 g/mol. The quantitative estimate of drug-likeness (QED) is 0.502. The van der Waals surface area contributed by atoms with E-state index >= 15 is 0 Å². The zero-order valence-corrected chi connectivity index (χ0v) is 16.8. The molecule has 2 amide bonds. The highest BCUT2D eigenvalue weighted by Gasteiger charge is 2.37. The van der Waals surface area contributed by atoms with Crippen LogP contribution < -0.4 is 0 Å². The molecule has 0 bridgehead atoms. The lowest BCUT2D eigenvalue weighted by atomic mass is 10.1. The van der Waals surface area contributed by atoms with Crippen molar-refractivity contribution in [3.05, 3.63) is 69.3 Å². The minimum Gasteiger partial charge on any atom is -0.383 e. The molecule has 1 saturated heterocycles. The highest BCUT2D eigenvalue weighted by molar-refractivity contribution is 14.1. The van der Waals surface area contributed by atoms with Gasteiger partial charge in [0.25, 0.3) is 11.8 Å². The number of hydrazine groups is 1. The molecule has 6 heteroatoms. The molecule has 0 radical (unpaired) electrons. The first kappa shape index (κ1) is 19.0. The van der Waals surface area contributed by atoms with Crippen molar-refractivity contribution in [2.75, 3.05) is 20.3 Å². The summed E-state index contributed by atoms with van der Waals surface area (Å²) in [6, 6.07) is 16.3. The van der Waals surface area contributed by atoms with E-state index in [0.29, 0.717) is 24.3 Å². The molecule has 0 spiro atoms. The summed E-state index contributed by atoms with van der Waals surface area (Å²) in [6.45, 7) is 1.14. The number of nitrogens with zero attached hydrogens (tertiary/aromatic N) is 2. The van der Waals surface area contributed by atoms with Crippen molar-refractivity contribution in [1.29, 1.82) is 0 Å². The fourth-order valence-corrected chi connectivity index (χ4v) is 3.84. The van der Waals surface area contributed by atoms with E-state index in [1.807, 2.05) is 29.3 Å². The summed E-state index contributed by atoms with van der Waals surface area (Å²) in [5.74, 6) is -0.606. The van der Waals surface area contributed by atoms with E-state index in [-0.39, 0.29) is 17.9 Å². The largest absolute Gasteiger partial charge is 0.383 e. The van der Waals surface area contributed by atoms with E-state index in [9.17, 15) is 9.59 Å². The minimum atomic E-state index is -0.307. The van der Waals surface area contributed by atoms with Gasteiger partial charge in [-0.25, -0.2) is 10.0 Å². The smallest absolute Gasteiger partial charge is 0.276 e. The standard InChI is InChI=1S/C20H21IN2O3/c1-26-14-16-10-7-13-22(16)23(19(24)15-8-3-2-4-9-15)20(25)17-11-5-6-12-18(17)21/h2-6,8-9,11-12,16H,7,10,13-14H2,1H3/t16-/m0/s1. The first-order valence-corrected chi connectivity index (χ1v) is 9.65. The van der Waals surface area contributed by atoms with E-state index in [1.54, 1.807) is 37.4 Å². The van der Waals surface area contributed by atoms with Crippen LogP contribution in [0.3, 0.4) is 0 Å². The maximum absolute atomic E-state index is 13.3. The Hall–Kier alpha value is -1.77. The molecule has 1 aliphatic rings. The van der Waals surface area contributed by atoms with Crippen LogP contribution in [0.1, 0.15) is 33.6 Å². The lowest BCUT2D eigenvalue weighted by Crippen LogP contribution is -2.53. The molecule has 1 fully saturated rings. The van der Waals surface area contributed by atoms with Crippen LogP contribution in [-0.4, -0.2) is 48.1 Å². The second-order valence-corrected chi connectivity index (χ2v) is 7.34. The monoisotopic (exact) mass is 464 g/mol. The number of carbonyl (C=O) groups excluding carboxylic acids is 2. The van der Waals surface area contributed by atoms with Gasteiger partial charge in [0.1, 0.15) is 0 Å². The van der Waals surface area contributed by atoms with Crippen LogP contribution in [-0.2, 0) is 4.74 Å². The van der Waals surface area contributed by atoms with E-state index in [1.165, 1.54) is 5.01 Å². The molecule has 136 valence electrons. The van der Waals surface area contributed by atoms with Gasteiger partial charge in [0.2, 0.25) is 0 Å². The van der Waals surface area contributed by atoms with Crippen LogP contribution in [0.2, 0.25) is 0 Å². The van der Waals surface area contributed by atoms with Gasteiger partial charge in [0.15, 0.2) is 0 Å². The first-order valence-electron chi connectivity index (χ1n) is 8.57. The van der Waals surface area contributed by atoms with E-state index < -0.39 is 0 Å². The van der Waals surface area contributed by atoms with E-state index in [4.69, 9.17) is 4.74 Å². The maximum Gasteiger partial charge on any atom is 0.276 e. The van der Waals surface area contributed by atoms with Crippen LogP contribution in [0.4, 0.5) is 0 Å². The van der Waals surface area contributed by atoms with Crippen molar-refractivity contribution in [3.63, 3.8) is 0 Å². The van der Waals surface area contributed by atoms with Gasteiger partial charge in [0.05, 0.1) is 18.2 Å². The number of benzene rings is 2. The average molecular weight is 464 g/mol. The Morgan fingerprint density at radius 2 is 1.81 bits per heavy atom. The van der Waals surface area contributed by atoms with Crippen LogP contribution >= 0.6 is 22.6 Å². The molecule has 1 heterocycles. The predicted octanol–water partition coefficient (Wildman–Crippen LogP) is 3.60. The molecule has 0 aliphatic carbocycles. The van der Waals surface area contributed by atoms with Crippen molar-refractivity contribution >= 4 is 34.4 Å². The molecule has 26 heavy (non-hydrogen) atoms. The fraction of sp³-hybridized carbons (Fsp3) is 0.300. The Morgan fingerprint density at radius 3 is 2.50 bits per heavy atom. The number of hydrogen-bond donors (Lipinski definition) is 0. The number of carbonyl (C=O) groups is 2. The molecule has 3 rings (SSSR count). The molecule has 2 aromatic rings. The molecule has 5 nitrogen and oxygen atoms in total. The maximum atomic E-state index is 13.3. The zero-order valence-electron chi connectivity index (χ0n) is 14.6. The third-order valence-electron chi connectivity index (χ3n) is 4.47. The number of rotatable bonds is 5. The van der Waals surface area contributed by atoms with Gasteiger partial charge in [-0.3, -0.25) is 9.59 Å². The number of imide groups is 1. The molecule has 1 aliphatic heterocycles. The number of ether oxygens (including phenoxy) is 1. The summed E-state index contributed by atoms with van der Waals surface area (Å²) in [5, 5.41) is 3.17. The highest BCUT2D eigenvalue weighted by atomic mass is 127. The second kappa shape index (κ2) is 8.75. The summed E-state index contributed by atoms with van der Waals surface area (Å²) < 4.78 is 6.13. The predicted molar refractivity (Wildman–Crippen MR) is 108 cm³/mol. The summed E-state index contributed by atoms with van der Waals surface area (Å²) in [5.41, 5.74) is 1.02. The van der Waals surface area contributed by atoms with E-state index in [0.717, 1.165) is 16.4 Å². The molecule has 1 atom stereocenters. The lowest BCUT2D eigenvalue weighted by molar-refractivity contribution is -0.0235. The fourth-order valence-electron chi connectivity index (χ4n) is 3.22. The van der Waals surface area contributed by atoms with Gasteiger partial charge in [-0.2, -0.15) is 0 Å². The Kier molecular flexibility index (Phi) is 6.39. The van der Waals surface area contributed by atoms with Gasteiger partial charge >= 0.3 is 0 Å². The molecule has 0 aromatic heterocycles. The molecule has 0 saturated carbocycles. The summed E-state index contributed by atoms with van der Waals surface area (Å²) in [6.07, 6.45) is 1.82. The minimum absolute atomic E-state index is 0.0120. The average Bonchev–Trinajstić information content (AvgIpc) is 3.11. The summed E-state index contributed by atoms with van der Waals surface area (Å²) >= 11 is 2.13. The molecule has 2 aromatic carbocycles. The highest BCUT2D eigenvalue weighted by Crippen LogP contribution is 2.25. The molecule has 0 N–H and O–H groups in total. The van der Waals surface area contributed by atoms with Gasteiger partial charge in [-0.15, -0.1) is 0 Å². The molecular formula is C20H21IN2O3. The van der Waals surface area contributed by atoms with Crippen molar-refractivity contribution in [2.45, 2.75) is 18.9 Å². The summed E-state index contributed by atoms with van der Waals surface area (Å²) in [4.78, 5) is 26.6. The van der Waals surface area contributed by atoms with Crippen molar-refractivity contribution < 1.29 is 14.3 Å². The SMILES string of the molecule is COC[C@@H]1CCCN1N(C(=O)c1ccccc1)C(=O)c1ccccc1I. The number of hydrogen-bond acceptors (Lipinski definition) is 4. The normalized spacial score (nSPS) is 17.2. The third-order valence-corrected chi connectivity index (χ3v) is 5.41. The van der Waals surface area contributed by atoms with Crippen molar-refractivity contribution in [2.24, 2.45) is 0 Å². The van der Waals surface area contributed by atoms with E-state index in [2.05, 4.69) is 22.6 Å². The number of amides is 2. The van der Waals surface area contributed by atoms with Crippen molar-refractivity contribution in [1.82, 2.24) is 10.0 Å². The van der Waals surface area contributed by atoms with Crippen LogP contribution in [0.15, 0.2) is 54.6 Å². The Morgan fingerprint density at radius 1 is 1.12 bits per heavy atom. The number of methoxy groups -OCH3 is 1. The second-order valence-electron chi connectivity index (χ2n) is 6.18. The van der Waals surface area contributed by atoms with Gasteiger partial charge < -0.3 is 4.74 Å². The number of halogens is 1. The van der Waals surface area contributed by atoms with Crippen molar-refractivity contribution in [3.8, 4) is 0 Å². The van der Waals surface area contributed by atoms with Gasteiger partial charge in [-0.05, 0) is 59.7 Å². The summed E-state index contributed by atoms with van der Waals surface area (Å²) in [7, 11) is 1.64. The topological polar surface area (TPSA) is 49.9 Å². The Bertz CT molecular complexity index is 782. The first-order chi connectivity index (χ1) is 12.6.